The smallest absolute Gasteiger partial charge is 0.408 e. The highest BCUT2D eigenvalue weighted by Crippen LogP contribution is 2.21. The average Bonchev–Trinajstić information content (AvgIpc) is 2.37. The SMILES string of the molecule is CC(C)Oc1ccccc1CC(NC(=O)OC(C)(C)C)C(=O)O. The van der Waals surface area contributed by atoms with Crippen molar-refractivity contribution >= 4 is 12.1 Å². The first-order chi connectivity index (χ1) is 10.6. The molecule has 0 fully saturated rings. The third kappa shape index (κ3) is 7.04. The number of alkyl carbamates (subject to hydrolysis) is 1. The van der Waals surface area contributed by atoms with Crippen molar-refractivity contribution in [2.24, 2.45) is 0 Å². The van der Waals surface area contributed by atoms with Gasteiger partial charge in [-0.2, -0.15) is 0 Å². The molecular weight excluding hydrogens is 298 g/mol. The number of nitrogens with one attached hydrogen (secondary N) is 1. The van der Waals surface area contributed by atoms with Crippen LogP contribution in [0.15, 0.2) is 24.3 Å². The van der Waals surface area contributed by atoms with E-state index in [1.54, 1.807) is 39.0 Å². The quantitative estimate of drug-likeness (QED) is 0.840. The molecule has 0 heterocycles. The molecule has 1 aromatic carbocycles. The Labute approximate surface area is 136 Å². The van der Waals surface area contributed by atoms with Gasteiger partial charge >= 0.3 is 12.1 Å². The monoisotopic (exact) mass is 323 g/mol. The Morgan fingerprint density at radius 1 is 1.22 bits per heavy atom. The second kappa shape index (κ2) is 7.85. The molecule has 0 radical (unpaired) electrons. The zero-order chi connectivity index (χ0) is 17.6. The van der Waals surface area contributed by atoms with Gasteiger partial charge in [-0.25, -0.2) is 9.59 Å². The van der Waals surface area contributed by atoms with Gasteiger partial charge in [0.2, 0.25) is 0 Å². The first-order valence-electron chi connectivity index (χ1n) is 7.55. The molecule has 128 valence electrons. The number of hydrogen-bond acceptors (Lipinski definition) is 4. The topological polar surface area (TPSA) is 84.9 Å². The average molecular weight is 323 g/mol. The van der Waals surface area contributed by atoms with E-state index in [4.69, 9.17) is 9.47 Å². The van der Waals surface area contributed by atoms with Crippen molar-refractivity contribution in [2.45, 2.75) is 58.8 Å². The van der Waals surface area contributed by atoms with Crippen molar-refractivity contribution in [2.75, 3.05) is 0 Å². The van der Waals surface area contributed by atoms with Gasteiger partial charge in [0.25, 0.3) is 0 Å². The Morgan fingerprint density at radius 3 is 2.35 bits per heavy atom. The Balaban J connectivity index is 2.85. The number of benzene rings is 1. The molecule has 0 aliphatic rings. The van der Waals surface area contributed by atoms with Crippen molar-refractivity contribution in [3.8, 4) is 5.75 Å². The third-order valence-electron chi connectivity index (χ3n) is 2.75. The minimum absolute atomic E-state index is 0.0294. The molecule has 6 heteroatoms. The van der Waals surface area contributed by atoms with E-state index in [-0.39, 0.29) is 12.5 Å². The van der Waals surface area contributed by atoms with E-state index in [2.05, 4.69) is 5.32 Å². The summed E-state index contributed by atoms with van der Waals surface area (Å²) in [4.78, 5) is 23.2. The highest BCUT2D eigenvalue weighted by molar-refractivity contribution is 5.80. The van der Waals surface area contributed by atoms with E-state index in [0.29, 0.717) is 11.3 Å². The summed E-state index contributed by atoms with van der Waals surface area (Å²) in [7, 11) is 0. The normalized spacial score (nSPS) is 12.6. The van der Waals surface area contributed by atoms with Crippen molar-refractivity contribution in [1.29, 1.82) is 0 Å². The fourth-order valence-corrected chi connectivity index (χ4v) is 1.91. The van der Waals surface area contributed by atoms with Crippen molar-refractivity contribution < 1.29 is 24.2 Å². The minimum Gasteiger partial charge on any atom is -0.491 e. The third-order valence-corrected chi connectivity index (χ3v) is 2.75. The van der Waals surface area contributed by atoms with Crippen LogP contribution in [-0.2, 0) is 16.0 Å². The number of hydrogen-bond donors (Lipinski definition) is 2. The number of carboxylic acids is 1. The van der Waals surface area contributed by atoms with E-state index >= 15 is 0 Å². The molecule has 0 aliphatic heterocycles. The summed E-state index contributed by atoms with van der Waals surface area (Å²) in [6, 6.07) is 6.08. The first kappa shape index (κ1) is 18.8. The summed E-state index contributed by atoms with van der Waals surface area (Å²) in [5, 5.41) is 11.7. The Morgan fingerprint density at radius 2 is 1.83 bits per heavy atom. The standard InChI is InChI=1S/C17H25NO5/c1-11(2)22-14-9-7-6-8-12(14)10-13(15(19)20)18-16(21)23-17(3,4)5/h6-9,11,13H,10H2,1-5H3,(H,18,21)(H,19,20). The molecular formula is C17H25NO5. The lowest BCUT2D eigenvalue weighted by Gasteiger charge is -2.22. The Kier molecular flexibility index (Phi) is 6.42. The van der Waals surface area contributed by atoms with E-state index < -0.39 is 23.7 Å². The zero-order valence-corrected chi connectivity index (χ0v) is 14.3. The summed E-state index contributed by atoms with van der Waals surface area (Å²) in [5.74, 6) is -0.519. The van der Waals surface area contributed by atoms with E-state index in [1.165, 1.54) is 0 Å². The van der Waals surface area contributed by atoms with Gasteiger partial charge in [-0.1, -0.05) is 18.2 Å². The highest BCUT2D eigenvalue weighted by atomic mass is 16.6. The van der Waals surface area contributed by atoms with Crippen LogP contribution in [0.2, 0.25) is 0 Å². The second-order valence-electron chi connectivity index (χ2n) is 6.52. The van der Waals surface area contributed by atoms with Crippen LogP contribution in [0.1, 0.15) is 40.2 Å². The molecule has 0 spiro atoms. The van der Waals surface area contributed by atoms with Crippen LogP contribution in [0.3, 0.4) is 0 Å². The zero-order valence-electron chi connectivity index (χ0n) is 14.3. The number of carbonyl (C=O) groups is 2. The van der Waals surface area contributed by atoms with Crippen LogP contribution < -0.4 is 10.1 Å². The van der Waals surface area contributed by atoms with Crippen LogP contribution in [0.25, 0.3) is 0 Å². The van der Waals surface area contributed by atoms with Crippen LogP contribution >= 0.6 is 0 Å². The predicted molar refractivity (Wildman–Crippen MR) is 86.7 cm³/mol. The summed E-state index contributed by atoms with van der Waals surface area (Å²) in [6.07, 6.45) is -0.678. The van der Waals surface area contributed by atoms with Gasteiger partial charge in [0, 0.05) is 6.42 Å². The lowest BCUT2D eigenvalue weighted by molar-refractivity contribution is -0.139. The molecule has 1 amide bonds. The number of carbonyl (C=O) groups excluding carboxylic acids is 1. The molecule has 0 saturated heterocycles. The molecule has 2 N–H and O–H groups in total. The second-order valence-corrected chi connectivity index (χ2v) is 6.52. The number of amides is 1. The summed E-state index contributed by atoms with van der Waals surface area (Å²) >= 11 is 0. The lowest BCUT2D eigenvalue weighted by atomic mass is 10.0. The number of carboxylic acid groups (broad SMARTS) is 1. The van der Waals surface area contributed by atoms with Gasteiger partial charge in [0.1, 0.15) is 17.4 Å². The number of aliphatic carboxylic acids is 1. The van der Waals surface area contributed by atoms with Gasteiger partial charge in [0.15, 0.2) is 0 Å². The van der Waals surface area contributed by atoms with Gasteiger partial charge in [-0.3, -0.25) is 0 Å². The molecule has 6 nitrogen and oxygen atoms in total. The molecule has 23 heavy (non-hydrogen) atoms. The molecule has 0 aromatic heterocycles. The number of rotatable bonds is 6. The largest absolute Gasteiger partial charge is 0.491 e. The first-order valence-corrected chi connectivity index (χ1v) is 7.55. The molecule has 1 aromatic rings. The Hall–Kier alpha value is -2.24. The summed E-state index contributed by atoms with van der Waals surface area (Å²) in [5.41, 5.74) is 0.0240. The molecule has 1 atom stereocenters. The fraction of sp³-hybridized carbons (Fsp3) is 0.529. The van der Waals surface area contributed by atoms with Gasteiger partial charge in [-0.05, 0) is 46.2 Å². The van der Waals surface area contributed by atoms with E-state index in [1.807, 2.05) is 19.9 Å². The van der Waals surface area contributed by atoms with Crippen LogP contribution in [0.5, 0.6) is 5.75 Å². The maximum absolute atomic E-state index is 11.8. The Bertz CT molecular complexity index is 548. The highest BCUT2D eigenvalue weighted by Gasteiger charge is 2.25. The van der Waals surface area contributed by atoms with E-state index in [9.17, 15) is 14.7 Å². The van der Waals surface area contributed by atoms with E-state index in [0.717, 1.165) is 0 Å². The number of para-hydroxylation sites is 1. The minimum atomic E-state index is -1.13. The molecule has 0 bridgehead atoms. The molecule has 0 aliphatic carbocycles. The van der Waals surface area contributed by atoms with Gasteiger partial charge in [0.05, 0.1) is 6.10 Å². The number of ether oxygens (including phenoxy) is 2. The lowest BCUT2D eigenvalue weighted by Crippen LogP contribution is -2.44. The van der Waals surface area contributed by atoms with Crippen LogP contribution in [0.4, 0.5) is 4.79 Å². The molecule has 1 unspecified atom stereocenters. The van der Waals surface area contributed by atoms with Gasteiger partial charge in [-0.15, -0.1) is 0 Å². The summed E-state index contributed by atoms with van der Waals surface area (Å²) < 4.78 is 10.8. The fourth-order valence-electron chi connectivity index (χ4n) is 1.91. The maximum Gasteiger partial charge on any atom is 0.408 e. The predicted octanol–water partition coefficient (Wildman–Crippen LogP) is 2.99. The van der Waals surface area contributed by atoms with Crippen LogP contribution in [-0.4, -0.2) is 34.9 Å². The van der Waals surface area contributed by atoms with Gasteiger partial charge < -0.3 is 19.9 Å². The van der Waals surface area contributed by atoms with Crippen molar-refractivity contribution in [3.63, 3.8) is 0 Å². The van der Waals surface area contributed by atoms with Crippen molar-refractivity contribution in [1.82, 2.24) is 5.32 Å². The van der Waals surface area contributed by atoms with Crippen LogP contribution in [0, 0.1) is 0 Å². The van der Waals surface area contributed by atoms with Crippen molar-refractivity contribution in [3.05, 3.63) is 29.8 Å². The molecule has 0 saturated carbocycles. The maximum atomic E-state index is 11.8. The summed E-state index contributed by atoms with van der Waals surface area (Å²) in [6.45, 7) is 8.94. The molecule has 1 rings (SSSR count).